The van der Waals surface area contributed by atoms with E-state index in [2.05, 4.69) is 32.1 Å². The van der Waals surface area contributed by atoms with Crippen LogP contribution in [-0.2, 0) is 11.3 Å². The zero-order valence-corrected chi connectivity index (χ0v) is 24.2. The topological polar surface area (TPSA) is 123 Å². The molecule has 0 radical (unpaired) electrons. The van der Waals surface area contributed by atoms with E-state index in [1.807, 2.05) is 36.4 Å². The Morgan fingerprint density at radius 2 is 1.84 bits per heavy atom. The van der Waals surface area contributed by atoms with E-state index in [-0.39, 0.29) is 18.1 Å². The lowest BCUT2D eigenvalue weighted by Crippen LogP contribution is -2.44. The van der Waals surface area contributed by atoms with Gasteiger partial charge in [-0.05, 0) is 44.2 Å². The first-order valence-corrected chi connectivity index (χ1v) is 14.5. The molecule has 0 aliphatic carbocycles. The number of hydrogen-bond donors (Lipinski definition) is 1. The summed E-state index contributed by atoms with van der Waals surface area (Å²) < 4.78 is 14.6. The largest absolute Gasteiger partial charge is 0.495 e. The average Bonchev–Trinajstić information content (AvgIpc) is 3.29. The number of aromatic nitrogens is 5. The van der Waals surface area contributed by atoms with Crippen LogP contribution in [0.3, 0.4) is 0 Å². The van der Waals surface area contributed by atoms with Gasteiger partial charge in [-0.25, -0.2) is 19.3 Å². The summed E-state index contributed by atoms with van der Waals surface area (Å²) in [6.45, 7) is 4.60. The van der Waals surface area contributed by atoms with Crippen molar-refractivity contribution in [3.63, 3.8) is 0 Å². The number of anilines is 4. The monoisotopic (exact) mass is 583 g/mol. The van der Waals surface area contributed by atoms with Gasteiger partial charge in [0.05, 0.1) is 31.2 Å². The number of nitrogens with one attached hydrogen (secondary N) is 1. The van der Waals surface area contributed by atoms with Crippen molar-refractivity contribution >= 4 is 40.0 Å². The van der Waals surface area contributed by atoms with E-state index in [1.165, 1.54) is 0 Å². The van der Waals surface area contributed by atoms with Gasteiger partial charge >= 0.3 is 0 Å². The average molecular weight is 584 g/mol. The number of likely N-dealkylation sites (N-methyl/N-ethyl adjacent to an activating group) is 1. The molecule has 6 heterocycles. The third-order valence-corrected chi connectivity index (χ3v) is 8.14. The number of amides is 1. The minimum Gasteiger partial charge on any atom is -0.495 e. The number of piperazine rings is 1. The lowest BCUT2D eigenvalue weighted by molar-refractivity contribution is -0.121. The number of carbonyl (C=O) groups excluding carboxylic acids is 1. The fourth-order valence-corrected chi connectivity index (χ4v) is 5.80. The summed E-state index contributed by atoms with van der Waals surface area (Å²) in [5.41, 5.74) is 3.19. The molecule has 4 aromatic rings. The number of fused-ring (bicyclic) bond motifs is 5. The molecule has 7 rings (SSSR count). The van der Waals surface area contributed by atoms with E-state index < -0.39 is 0 Å². The van der Waals surface area contributed by atoms with Crippen LogP contribution in [0.1, 0.15) is 12.8 Å². The van der Waals surface area contributed by atoms with Crippen LogP contribution >= 0.6 is 0 Å². The number of hydrogen-bond acceptors (Lipinski definition) is 10. The van der Waals surface area contributed by atoms with Gasteiger partial charge in [-0.2, -0.15) is 4.98 Å². The van der Waals surface area contributed by atoms with Crippen molar-refractivity contribution in [1.82, 2.24) is 29.2 Å². The standard InChI is InChI=1S/C30H33N9O4/c1-35-11-13-36(14-12-35)23-15-20(7-8-25(23)42-2)33-30-32-18-22-27(34-30)39-21-16-24-28(31-17-21)43-19-26(40)37(24)9-5-3-4-6-10-38(39)29(22)41/h4,6-8,15-18H,3,5,9-14,19H2,1-2H3,(H,32,33,34). The summed E-state index contributed by atoms with van der Waals surface area (Å²) in [4.78, 5) is 46.5. The molecule has 13 heteroatoms. The van der Waals surface area contributed by atoms with Crippen LogP contribution in [0.15, 0.2) is 53.6 Å². The molecule has 1 N–H and O–H groups in total. The van der Waals surface area contributed by atoms with Crippen LogP contribution in [-0.4, -0.2) is 88.6 Å². The second-order valence-corrected chi connectivity index (χ2v) is 10.9. The Morgan fingerprint density at radius 3 is 2.67 bits per heavy atom. The molecule has 222 valence electrons. The van der Waals surface area contributed by atoms with Gasteiger partial charge in [-0.1, -0.05) is 12.2 Å². The van der Waals surface area contributed by atoms with Crippen molar-refractivity contribution in [3.05, 3.63) is 59.2 Å². The van der Waals surface area contributed by atoms with Gasteiger partial charge in [0.1, 0.15) is 16.8 Å². The van der Waals surface area contributed by atoms with Gasteiger partial charge in [0, 0.05) is 44.6 Å². The Bertz CT molecular complexity index is 1790. The molecule has 0 atom stereocenters. The normalized spacial score (nSPS) is 17.2. The smallest absolute Gasteiger partial charge is 0.278 e. The zero-order chi connectivity index (χ0) is 29.5. The second kappa shape index (κ2) is 11.1. The van der Waals surface area contributed by atoms with E-state index in [0.29, 0.717) is 47.3 Å². The van der Waals surface area contributed by atoms with E-state index in [1.54, 1.807) is 33.8 Å². The lowest BCUT2D eigenvalue weighted by Gasteiger charge is -2.34. The highest BCUT2D eigenvalue weighted by Gasteiger charge is 2.28. The van der Waals surface area contributed by atoms with Gasteiger partial charge in [-0.15, -0.1) is 0 Å². The second-order valence-electron chi connectivity index (χ2n) is 10.9. The first-order chi connectivity index (χ1) is 21.0. The Labute approximate surface area is 247 Å². The summed E-state index contributed by atoms with van der Waals surface area (Å²) in [6, 6.07) is 7.73. The number of benzene rings is 1. The maximum absolute atomic E-state index is 13.6. The maximum Gasteiger partial charge on any atom is 0.278 e. The fraction of sp³-hybridized carbons (Fsp3) is 0.367. The van der Waals surface area contributed by atoms with Crippen LogP contribution < -0.4 is 30.1 Å². The SMILES string of the molecule is COc1ccc(Nc2ncc3c(=O)n4n(c3n2)-c2cnc3c(c2)N(CCCC=CC4)C(=O)CO3)cc1N1CCN(C)CC1. The van der Waals surface area contributed by atoms with Gasteiger partial charge in [0.15, 0.2) is 12.3 Å². The number of rotatable bonds is 4. The number of ether oxygens (including phenoxy) is 2. The highest BCUT2D eigenvalue weighted by molar-refractivity contribution is 5.97. The van der Waals surface area contributed by atoms with Crippen molar-refractivity contribution < 1.29 is 14.3 Å². The third-order valence-electron chi connectivity index (χ3n) is 8.14. The number of carbonyl (C=O) groups is 1. The molecule has 1 saturated heterocycles. The number of nitrogens with zero attached hydrogens (tertiary/aromatic N) is 8. The van der Waals surface area contributed by atoms with Crippen LogP contribution in [0.2, 0.25) is 0 Å². The summed E-state index contributed by atoms with van der Waals surface area (Å²) in [5.74, 6) is 1.42. The van der Waals surface area contributed by atoms with Crippen LogP contribution in [0, 0.1) is 0 Å². The molecule has 43 heavy (non-hydrogen) atoms. The first kappa shape index (κ1) is 27.0. The Hall–Kier alpha value is -4.91. The van der Waals surface area contributed by atoms with Crippen molar-refractivity contribution in [2.45, 2.75) is 19.4 Å². The third kappa shape index (κ3) is 4.95. The van der Waals surface area contributed by atoms with Crippen LogP contribution in [0.25, 0.3) is 16.7 Å². The highest BCUT2D eigenvalue weighted by atomic mass is 16.5. The predicted molar refractivity (Wildman–Crippen MR) is 163 cm³/mol. The van der Waals surface area contributed by atoms with Gasteiger partial charge in [0.2, 0.25) is 11.8 Å². The van der Waals surface area contributed by atoms with Crippen molar-refractivity contribution in [1.29, 1.82) is 0 Å². The molecule has 0 unspecified atom stereocenters. The molecule has 1 aromatic carbocycles. The minimum absolute atomic E-state index is 0.0452. The molecule has 1 amide bonds. The molecule has 0 saturated carbocycles. The van der Waals surface area contributed by atoms with E-state index in [4.69, 9.17) is 14.5 Å². The highest BCUT2D eigenvalue weighted by Crippen LogP contribution is 2.34. The summed E-state index contributed by atoms with van der Waals surface area (Å²) in [5, 5.41) is 3.70. The lowest BCUT2D eigenvalue weighted by atomic mass is 10.2. The molecule has 1 fully saturated rings. The minimum atomic E-state index is -0.216. The number of allylic oxidation sites excluding steroid dienone is 2. The molecule has 0 spiro atoms. The van der Waals surface area contributed by atoms with Crippen LogP contribution in [0.4, 0.5) is 23.0 Å². The maximum atomic E-state index is 13.6. The molecule has 3 aromatic heterocycles. The van der Waals surface area contributed by atoms with Gasteiger partial charge in [-0.3, -0.25) is 9.59 Å². The Morgan fingerprint density at radius 1 is 0.977 bits per heavy atom. The molecule has 2 bridgehead atoms. The van der Waals surface area contributed by atoms with E-state index in [0.717, 1.165) is 56.1 Å². The Kier molecular flexibility index (Phi) is 6.93. The molecule has 13 nitrogen and oxygen atoms in total. The van der Waals surface area contributed by atoms with Crippen LogP contribution in [0.5, 0.6) is 11.6 Å². The zero-order valence-electron chi connectivity index (χ0n) is 24.2. The first-order valence-electron chi connectivity index (χ1n) is 14.5. The van der Waals surface area contributed by atoms with E-state index >= 15 is 0 Å². The predicted octanol–water partition coefficient (Wildman–Crippen LogP) is 2.56. The number of pyridine rings is 1. The number of methoxy groups -OCH3 is 1. The van der Waals surface area contributed by atoms with E-state index in [9.17, 15) is 9.59 Å². The van der Waals surface area contributed by atoms with Gasteiger partial charge in [0.25, 0.3) is 11.5 Å². The summed E-state index contributed by atoms with van der Waals surface area (Å²) >= 11 is 0. The summed E-state index contributed by atoms with van der Waals surface area (Å²) in [7, 11) is 3.81. The fourth-order valence-electron chi connectivity index (χ4n) is 5.80. The molecular formula is C30H33N9O4. The molecule has 3 aliphatic rings. The van der Waals surface area contributed by atoms with Crippen molar-refractivity contribution in [2.75, 3.05) is 68.6 Å². The summed E-state index contributed by atoms with van der Waals surface area (Å²) in [6.07, 6.45) is 8.75. The Balaban J connectivity index is 1.30. The van der Waals surface area contributed by atoms with Crippen molar-refractivity contribution in [2.24, 2.45) is 0 Å². The molecule has 3 aliphatic heterocycles. The molecular weight excluding hydrogens is 550 g/mol. The quantitative estimate of drug-likeness (QED) is 0.359. The van der Waals surface area contributed by atoms with Crippen molar-refractivity contribution in [3.8, 4) is 17.3 Å². The van der Waals surface area contributed by atoms with Gasteiger partial charge < -0.3 is 29.5 Å².